The van der Waals surface area contributed by atoms with Crippen molar-refractivity contribution in [1.29, 1.82) is 0 Å². The highest BCUT2D eigenvalue weighted by atomic mass is 14.8. The van der Waals surface area contributed by atoms with Crippen molar-refractivity contribution in [2.24, 2.45) is 11.3 Å². The molecule has 0 aliphatic heterocycles. The van der Waals surface area contributed by atoms with Crippen LogP contribution in [0.4, 0.5) is 0 Å². The fourth-order valence-electron chi connectivity index (χ4n) is 1.61. The zero-order valence-corrected chi connectivity index (χ0v) is 9.91. The summed E-state index contributed by atoms with van der Waals surface area (Å²) in [6, 6.07) is 0. The molecule has 78 valence electrons. The highest BCUT2D eigenvalue weighted by Crippen LogP contribution is 2.31. The van der Waals surface area contributed by atoms with Crippen molar-refractivity contribution < 1.29 is 0 Å². The van der Waals surface area contributed by atoms with Gasteiger partial charge in [-0.1, -0.05) is 46.3 Å². The lowest BCUT2D eigenvalue weighted by Crippen LogP contribution is -2.25. The van der Waals surface area contributed by atoms with Crippen molar-refractivity contribution in [2.75, 3.05) is 13.6 Å². The lowest BCUT2D eigenvalue weighted by Gasteiger charge is -2.29. The van der Waals surface area contributed by atoms with E-state index in [4.69, 9.17) is 0 Å². The lowest BCUT2D eigenvalue weighted by atomic mass is 9.78. The molecule has 0 aromatic heterocycles. The first-order valence-electron chi connectivity index (χ1n) is 5.27. The van der Waals surface area contributed by atoms with E-state index in [1.807, 2.05) is 7.05 Å². The van der Waals surface area contributed by atoms with Crippen molar-refractivity contribution in [3.05, 3.63) is 12.2 Å². The second-order valence-corrected chi connectivity index (χ2v) is 4.82. The Morgan fingerprint density at radius 2 is 1.92 bits per heavy atom. The summed E-state index contributed by atoms with van der Waals surface area (Å²) in [6.45, 7) is 14.2. The van der Waals surface area contributed by atoms with E-state index >= 15 is 0 Å². The molecule has 0 spiro atoms. The van der Waals surface area contributed by atoms with Crippen molar-refractivity contribution in [3.8, 4) is 0 Å². The van der Waals surface area contributed by atoms with Gasteiger partial charge in [-0.3, -0.25) is 0 Å². The monoisotopic (exact) mass is 183 g/mol. The zero-order chi connectivity index (χ0) is 10.5. The number of hydrogen-bond acceptors (Lipinski definition) is 1. The van der Waals surface area contributed by atoms with Gasteiger partial charge in [-0.25, -0.2) is 0 Å². The van der Waals surface area contributed by atoms with E-state index in [1.54, 1.807) is 0 Å². The Balaban J connectivity index is 4.27. The standard InChI is InChI=1S/C12H25N/c1-7-8-11(9-13-6)10(2)12(3,4)5/h11,13H,2,7-9H2,1,3-6H3. The number of nitrogens with one attached hydrogen (secondary N) is 1. The molecule has 0 saturated carbocycles. The third kappa shape index (κ3) is 4.47. The van der Waals surface area contributed by atoms with Gasteiger partial charge in [-0.2, -0.15) is 0 Å². The van der Waals surface area contributed by atoms with E-state index < -0.39 is 0 Å². The maximum absolute atomic E-state index is 4.22. The Kier molecular flexibility index (Phi) is 5.31. The Morgan fingerprint density at radius 3 is 2.23 bits per heavy atom. The van der Waals surface area contributed by atoms with Gasteiger partial charge < -0.3 is 5.32 Å². The quantitative estimate of drug-likeness (QED) is 0.645. The molecule has 0 heterocycles. The molecule has 0 aromatic rings. The predicted octanol–water partition coefficient (Wildman–Crippen LogP) is 3.22. The minimum Gasteiger partial charge on any atom is -0.319 e. The van der Waals surface area contributed by atoms with Crippen LogP contribution >= 0.6 is 0 Å². The molecule has 0 rings (SSSR count). The normalized spacial score (nSPS) is 14.2. The molecule has 0 bridgehead atoms. The van der Waals surface area contributed by atoms with Crippen molar-refractivity contribution >= 4 is 0 Å². The fourth-order valence-corrected chi connectivity index (χ4v) is 1.61. The molecular formula is C12H25N. The van der Waals surface area contributed by atoms with E-state index in [1.165, 1.54) is 18.4 Å². The largest absolute Gasteiger partial charge is 0.319 e. The lowest BCUT2D eigenvalue weighted by molar-refractivity contribution is 0.397. The van der Waals surface area contributed by atoms with Gasteiger partial charge in [0.25, 0.3) is 0 Å². The molecular weight excluding hydrogens is 158 g/mol. The molecule has 1 nitrogen and oxygen atoms in total. The van der Waals surface area contributed by atoms with E-state index in [0.717, 1.165) is 6.54 Å². The van der Waals surface area contributed by atoms with Crippen molar-refractivity contribution in [2.45, 2.75) is 40.5 Å². The summed E-state index contributed by atoms with van der Waals surface area (Å²) >= 11 is 0. The van der Waals surface area contributed by atoms with Gasteiger partial charge in [0.15, 0.2) is 0 Å². The van der Waals surface area contributed by atoms with Crippen LogP contribution in [0.15, 0.2) is 12.2 Å². The molecule has 1 N–H and O–H groups in total. The zero-order valence-electron chi connectivity index (χ0n) is 9.91. The maximum atomic E-state index is 4.22. The molecule has 0 saturated heterocycles. The van der Waals surface area contributed by atoms with Crippen LogP contribution < -0.4 is 5.32 Å². The van der Waals surface area contributed by atoms with Gasteiger partial charge in [0.2, 0.25) is 0 Å². The third-order valence-electron chi connectivity index (χ3n) is 2.54. The van der Waals surface area contributed by atoms with Crippen LogP contribution in [-0.2, 0) is 0 Å². The Bertz CT molecular complexity index is 147. The van der Waals surface area contributed by atoms with E-state index in [0.29, 0.717) is 5.92 Å². The summed E-state index contributed by atoms with van der Waals surface area (Å²) < 4.78 is 0. The summed E-state index contributed by atoms with van der Waals surface area (Å²) in [5.41, 5.74) is 1.63. The molecule has 1 atom stereocenters. The highest BCUT2D eigenvalue weighted by molar-refractivity contribution is 5.10. The molecule has 1 heteroatoms. The third-order valence-corrected chi connectivity index (χ3v) is 2.54. The van der Waals surface area contributed by atoms with E-state index in [9.17, 15) is 0 Å². The Hall–Kier alpha value is -0.300. The maximum Gasteiger partial charge on any atom is 0.00139 e. The van der Waals surface area contributed by atoms with Gasteiger partial charge in [-0.05, 0) is 24.8 Å². The average Bonchev–Trinajstić information content (AvgIpc) is 2.01. The number of rotatable bonds is 5. The van der Waals surface area contributed by atoms with E-state index in [-0.39, 0.29) is 5.41 Å². The van der Waals surface area contributed by atoms with Crippen molar-refractivity contribution in [1.82, 2.24) is 5.32 Å². The molecule has 0 fully saturated rings. The molecule has 0 aromatic carbocycles. The first kappa shape index (κ1) is 12.7. The topological polar surface area (TPSA) is 12.0 Å². The molecule has 0 aliphatic rings. The average molecular weight is 183 g/mol. The van der Waals surface area contributed by atoms with E-state index in [2.05, 4.69) is 39.6 Å². The van der Waals surface area contributed by atoms with Gasteiger partial charge in [0.05, 0.1) is 0 Å². The van der Waals surface area contributed by atoms with Crippen LogP contribution in [0, 0.1) is 11.3 Å². The SMILES string of the molecule is C=C(C(CCC)CNC)C(C)(C)C. The highest BCUT2D eigenvalue weighted by Gasteiger charge is 2.22. The van der Waals surface area contributed by atoms with Gasteiger partial charge in [0, 0.05) is 6.54 Å². The molecule has 0 aliphatic carbocycles. The second kappa shape index (κ2) is 5.43. The van der Waals surface area contributed by atoms with Gasteiger partial charge >= 0.3 is 0 Å². The Labute approximate surface area is 83.6 Å². The predicted molar refractivity (Wildman–Crippen MR) is 60.9 cm³/mol. The summed E-state index contributed by atoms with van der Waals surface area (Å²) in [5, 5.41) is 3.24. The summed E-state index contributed by atoms with van der Waals surface area (Å²) in [4.78, 5) is 0. The minimum atomic E-state index is 0.247. The van der Waals surface area contributed by atoms with Crippen LogP contribution in [0.1, 0.15) is 40.5 Å². The molecule has 0 amide bonds. The van der Waals surface area contributed by atoms with Crippen LogP contribution in [0.5, 0.6) is 0 Å². The first-order chi connectivity index (χ1) is 5.93. The summed E-state index contributed by atoms with van der Waals surface area (Å²) in [5.74, 6) is 0.634. The first-order valence-corrected chi connectivity index (χ1v) is 5.27. The van der Waals surface area contributed by atoms with Crippen molar-refractivity contribution in [3.63, 3.8) is 0 Å². The fraction of sp³-hybridized carbons (Fsp3) is 0.833. The van der Waals surface area contributed by atoms with Crippen LogP contribution in [0.3, 0.4) is 0 Å². The molecule has 1 unspecified atom stereocenters. The van der Waals surface area contributed by atoms with Crippen LogP contribution in [0.25, 0.3) is 0 Å². The number of hydrogen-bond donors (Lipinski definition) is 1. The van der Waals surface area contributed by atoms with Crippen LogP contribution in [-0.4, -0.2) is 13.6 Å². The van der Waals surface area contributed by atoms with Crippen LogP contribution in [0.2, 0.25) is 0 Å². The smallest absolute Gasteiger partial charge is 0.00139 e. The van der Waals surface area contributed by atoms with Gasteiger partial charge in [-0.15, -0.1) is 0 Å². The summed E-state index contributed by atoms with van der Waals surface area (Å²) in [6.07, 6.45) is 2.48. The molecule has 13 heavy (non-hydrogen) atoms. The Morgan fingerprint density at radius 1 is 1.38 bits per heavy atom. The van der Waals surface area contributed by atoms with Gasteiger partial charge in [0.1, 0.15) is 0 Å². The molecule has 0 radical (unpaired) electrons. The second-order valence-electron chi connectivity index (χ2n) is 4.82. The summed E-state index contributed by atoms with van der Waals surface area (Å²) in [7, 11) is 2.01. The minimum absolute atomic E-state index is 0.247.